The van der Waals surface area contributed by atoms with Crippen molar-refractivity contribution in [2.75, 3.05) is 13.2 Å². The number of amides is 1. The number of carbonyl (C=O) groups excluding carboxylic acids is 1. The van der Waals surface area contributed by atoms with Crippen LogP contribution in [-0.4, -0.2) is 19.1 Å². The first-order valence-electron chi connectivity index (χ1n) is 9.65. The summed E-state index contributed by atoms with van der Waals surface area (Å²) in [4.78, 5) is 12.7. The zero-order valence-electron chi connectivity index (χ0n) is 16.7. The Morgan fingerprint density at radius 3 is 2.71 bits per heavy atom. The molecule has 8 heteroatoms. The molecule has 1 unspecified atom stereocenters. The van der Waals surface area contributed by atoms with Gasteiger partial charge in [-0.15, -0.1) is 0 Å². The summed E-state index contributed by atoms with van der Waals surface area (Å²) in [6, 6.07) is 15.7. The van der Waals surface area contributed by atoms with Crippen LogP contribution in [0.1, 0.15) is 40.4 Å². The fourth-order valence-corrected chi connectivity index (χ4v) is 3.83. The fraction of sp³-hybridized carbons (Fsp3) is 0.217. The van der Waals surface area contributed by atoms with Gasteiger partial charge in [0.05, 0.1) is 11.6 Å². The zero-order chi connectivity index (χ0) is 21.8. The highest BCUT2D eigenvalue weighted by molar-refractivity contribution is 9.10. The average molecular weight is 483 g/mol. The van der Waals surface area contributed by atoms with Gasteiger partial charge < -0.3 is 23.9 Å². The van der Waals surface area contributed by atoms with Crippen LogP contribution in [0.5, 0.6) is 17.2 Å². The highest BCUT2D eigenvalue weighted by atomic mass is 79.9. The summed E-state index contributed by atoms with van der Waals surface area (Å²) >= 11 is 3.53. The van der Waals surface area contributed by atoms with E-state index in [4.69, 9.17) is 23.9 Å². The highest BCUT2D eigenvalue weighted by Crippen LogP contribution is 2.37. The minimum Gasteiger partial charge on any atom is -0.486 e. The molecular weight excluding hydrogens is 464 g/mol. The second-order valence-corrected chi connectivity index (χ2v) is 7.73. The Hall–Kier alpha value is -3.44. The lowest BCUT2D eigenvalue weighted by Gasteiger charge is -2.22. The molecule has 0 bridgehead atoms. The first-order valence-corrected chi connectivity index (χ1v) is 10.4. The molecular formula is C23H19BrN2O5. The van der Waals surface area contributed by atoms with Gasteiger partial charge in [0.2, 0.25) is 0 Å². The SMILES string of the molecule is CC(NC(=O)c1ccc(COc2ccccc2C#N)o1)c1cc2c(cc1Br)OCCO2. The molecule has 1 aliphatic rings. The second-order valence-electron chi connectivity index (χ2n) is 6.88. The molecule has 4 rings (SSSR count). The maximum absolute atomic E-state index is 12.7. The number of rotatable bonds is 6. The van der Waals surface area contributed by atoms with Crippen LogP contribution in [0, 0.1) is 11.3 Å². The monoisotopic (exact) mass is 482 g/mol. The summed E-state index contributed by atoms with van der Waals surface area (Å²) in [7, 11) is 0. The number of nitrogens with zero attached hydrogens (tertiary/aromatic N) is 1. The molecule has 1 amide bonds. The maximum Gasteiger partial charge on any atom is 0.287 e. The van der Waals surface area contributed by atoms with Gasteiger partial charge in [-0.1, -0.05) is 28.1 Å². The lowest BCUT2D eigenvalue weighted by Crippen LogP contribution is -2.26. The van der Waals surface area contributed by atoms with E-state index in [-0.39, 0.29) is 24.3 Å². The number of hydrogen-bond donors (Lipinski definition) is 1. The Morgan fingerprint density at radius 1 is 1.19 bits per heavy atom. The normalized spacial score (nSPS) is 13.2. The van der Waals surface area contributed by atoms with Crippen LogP contribution in [0.4, 0.5) is 0 Å². The molecule has 31 heavy (non-hydrogen) atoms. The van der Waals surface area contributed by atoms with Gasteiger partial charge in [0.25, 0.3) is 5.91 Å². The molecule has 0 aliphatic carbocycles. The number of fused-ring (bicyclic) bond motifs is 1. The third-order valence-corrected chi connectivity index (χ3v) is 5.43. The van der Waals surface area contributed by atoms with Crippen molar-refractivity contribution < 1.29 is 23.4 Å². The summed E-state index contributed by atoms with van der Waals surface area (Å²) in [6.45, 7) is 2.98. The van der Waals surface area contributed by atoms with E-state index in [0.717, 1.165) is 10.0 Å². The van der Waals surface area contributed by atoms with Gasteiger partial charge in [0, 0.05) is 4.47 Å². The van der Waals surface area contributed by atoms with Gasteiger partial charge in [0.15, 0.2) is 17.3 Å². The number of nitriles is 1. The molecule has 2 heterocycles. The lowest BCUT2D eigenvalue weighted by molar-refractivity contribution is 0.0907. The van der Waals surface area contributed by atoms with Crippen LogP contribution in [0.3, 0.4) is 0 Å². The number of furan rings is 1. The van der Waals surface area contributed by atoms with E-state index in [9.17, 15) is 4.79 Å². The van der Waals surface area contributed by atoms with Crippen molar-refractivity contribution in [2.45, 2.75) is 19.6 Å². The smallest absolute Gasteiger partial charge is 0.287 e. The summed E-state index contributed by atoms with van der Waals surface area (Å²) < 4.78 is 23.3. The standard InChI is InChI=1S/C23H19BrN2O5/c1-14(17-10-21-22(11-18(17)24)29-9-8-28-21)26-23(27)20-7-6-16(31-20)13-30-19-5-3-2-4-15(19)12-25/h2-7,10-11,14H,8-9,13H2,1H3,(H,26,27). The third-order valence-electron chi connectivity index (χ3n) is 4.74. The molecule has 1 aromatic heterocycles. The molecule has 1 N–H and O–H groups in total. The molecule has 158 valence electrons. The van der Waals surface area contributed by atoms with Gasteiger partial charge in [0.1, 0.15) is 37.4 Å². The van der Waals surface area contributed by atoms with E-state index in [2.05, 4.69) is 27.3 Å². The first kappa shape index (κ1) is 20.8. The Balaban J connectivity index is 1.40. The summed E-state index contributed by atoms with van der Waals surface area (Å²) in [5.41, 5.74) is 1.30. The largest absolute Gasteiger partial charge is 0.486 e. The number of nitrogens with one attached hydrogen (secondary N) is 1. The second kappa shape index (κ2) is 9.14. The maximum atomic E-state index is 12.7. The van der Waals surface area contributed by atoms with Crippen LogP contribution in [0.2, 0.25) is 0 Å². The predicted octanol–water partition coefficient (Wildman–Crippen LogP) is 4.75. The number of ether oxygens (including phenoxy) is 3. The summed E-state index contributed by atoms with van der Waals surface area (Å²) in [5.74, 6) is 2.09. The predicted molar refractivity (Wildman–Crippen MR) is 115 cm³/mol. The molecule has 2 aromatic carbocycles. The van der Waals surface area contributed by atoms with Crippen LogP contribution < -0.4 is 19.5 Å². The first-order chi connectivity index (χ1) is 15.0. The van der Waals surface area contributed by atoms with E-state index in [0.29, 0.717) is 41.8 Å². The van der Waals surface area contributed by atoms with Crippen molar-refractivity contribution in [3.63, 3.8) is 0 Å². The quantitative estimate of drug-likeness (QED) is 0.544. The summed E-state index contributed by atoms with van der Waals surface area (Å²) in [6.07, 6.45) is 0. The molecule has 0 fully saturated rings. The van der Waals surface area contributed by atoms with E-state index in [1.807, 2.05) is 19.1 Å². The summed E-state index contributed by atoms with van der Waals surface area (Å²) in [5, 5.41) is 12.1. The fourth-order valence-electron chi connectivity index (χ4n) is 3.17. The van der Waals surface area contributed by atoms with Crippen LogP contribution in [0.15, 0.2) is 57.4 Å². The number of hydrogen-bond acceptors (Lipinski definition) is 6. The zero-order valence-corrected chi connectivity index (χ0v) is 18.3. The lowest BCUT2D eigenvalue weighted by atomic mass is 10.1. The van der Waals surface area contributed by atoms with E-state index in [1.165, 1.54) is 0 Å². The molecule has 1 aliphatic heterocycles. The Morgan fingerprint density at radius 2 is 1.94 bits per heavy atom. The van der Waals surface area contributed by atoms with E-state index in [1.54, 1.807) is 36.4 Å². The number of halogens is 1. The Kier molecular flexibility index (Phi) is 6.14. The van der Waals surface area contributed by atoms with Crippen molar-refractivity contribution in [2.24, 2.45) is 0 Å². The van der Waals surface area contributed by atoms with E-state index >= 15 is 0 Å². The van der Waals surface area contributed by atoms with Crippen molar-refractivity contribution in [1.29, 1.82) is 5.26 Å². The van der Waals surface area contributed by atoms with E-state index < -0.39 is 0 Å². The third kappa shape index (κ3) is 4.67. The number of benzene rings is 2. The van der Waals surface area contributed by atoms with Crippen LogP contribution >= 0.6 is 15.9 Å². The minimum absolute atomic E-state index is 0.106. The van der Waals surface area contributed by atoms with Crippen molar-refractivity contribution in [3.8, 4) is 23.3 Å². The molecule has 0 saturated carbocycles. The number of para-hydroxylation sites is 1. The molecule has 3 aromatic rings. The highest BCUT2D eigenvalue weighted by Gasteiger charge is 2.21. The van der Waals surface area contributed by atoms with Crippen molar-refractivity contribution in [3.05, 3.63) is 75.7 Å². The Bertz CT molecular complexity index is 1150. The average Bonchev–Trinajstić information content (AvgIpc) is 3.26. The molecule has 7 nitrogen and oxygen atoms in total. The van der Waals surface area contributed by atoms with Gasteiger partial charge in [-0.05, 0) is 48.9 Å². The van der Waals surface area contributed by atoms with Crippen molar-refractivity contribution >= 4 is 21.8 Å². The van der Waals surface area contributed by atoms with Crippen LogP contribution in [-0.2, 0) is 6.61 Å². The molecule has 0 radical (unpaired) electrons. The molecule has 0 saturated heterocycles. The number of carbonyl (C=O) groups is 1. The van der Waals surface area contributed by atoms with Gasteiger partial charge in [-0.25, -0.2) is 0 Å². The topological polar surface area (TPSA) is 93.7 Å². The molecule has 1 atom stereocenters. The van der Waals surface area contributed by atoms with Crippen LogP contribution in [0.25, 0.3) is 0 Å². The minimum atomic E-state index is -0.349. The Labute approximate surface area is 187 Å². The van der Waals surface area contributed by atoms with Gasteiger partial charge in [-0.2, -0.15) is 5.26 Å². The van der Waals surface area contributed by atoms with Gasteiger partial charge >= 0.3 is 0 Å². The van der Waals surface area contributed by atoms with Crippen molar-refractivity contribution in [1.82, 2.24) is 5.32 Å². The van der Waals surface area contributed by atoms with Gasteiger partial charge in [-0.3, -0.25) is 4.79 Å². The molecule has 0 spiro atoms.